The number of aromatic nitrogens is 1. The smallest absolute Gasteiger partial charge is 0.268 e. The minimum Gasteiger partial charge on any atom is -0.496 e. The quantitative estimate of drug-likeness (QED) is 0.301. The van der Waals surface area contributed by atoms with Gasteiger partial charge in [0.1, 0.15) is 29.8 Å². The molecule has 2 aromatic rings. The van der Waals surface area contributed by atoms with Gasteiger partial charge < -0.3 is 35.4 Å². The first-order valence-corrected chi connectivity index (χ1v) is 16.4. The summed E-state index contributed by atoms with van der Waals surface area (Å²) in [6.07, 6.45) is 7.10. The number of aldehydes is 1. The van der Waals surface area contributed by atoms with E-state index in [0.717, 1.165) is 49.4 Å². The third kappa shape index (κ3) is 5.93. The Morgan fingerprint density at radius 3 is 2.60 bits per heavy atom. The minimum absolute atomic E-state index is 0.0457. The van der Waals surface area contributed by atoms with Crippen molar-refractivity contribution in [2.45, 2.75) is 83.3 Å². The molecule has 11 heteroatoms. The zero-order chi connectivity index (χ0) is 31.9. The van der Waals surface area contributed by atoms with E-state index in [-0.39, 0.29) is 59.1 Å². The molecule has 6 rings (SSSR count). The van der Waals surface area contributed by atoms with E-state index in [1.807, 2.05) is 18.2 Å². The molecule has 4 aliphatic rings. The van der Waals surface area contributed by atoms with Crippen molar-refractivity contribution in [1.29, 1.82) is 0 Å². The molecule has 0 bridgehead atoms. The van der Waals surface area contributed by atoms with Gasteiger partial charge in [-0.05, 0) is 73.5 Å². The molecule has 11 nitrogen and oxygen atoms in total. The second-order valence-corrected chi connectivity index (χ2v) is 14.0. The average Bonchev–Trinajstić information content (AvgIpc) is 3.41. The fourth-order valence-electron chi connectivity index (χ4n) is 8.27. The van der Waals surface area contributed by atoms with Gasteiger partial charge in [-0.1, -0.05) is 39.2 Å². The molecule has 2 aliphatic heterocycles. The van der Waals surface area contributed by atoms with Gasteiger partial charge in [-0.25, -0.2) is 0 Å². The van der Waals surface area contributed by atoms with Crippen LogP contribution in [0.1, 0.15) is 75.7 Å². The van der Waals surface area contributed by atoms with Crippen LogP contribution >= 0.6 is 0 Å². The van der Waals surface area contributed by atoms with E-state index in [1.165, 1.54) is 0 Å². The number of nitrogens with zero attached hydrogens (tertiary/aromatic N) is 1. The monoisotopic (exact) mass is 619 g/mol. The van der Waals surface area contributed by atoms with Crippen LogP contribution in [-0.2, 0) is 19.2 Å². The number of amides is 4. The molecule has 6 atom stereocenters. The third-order valence-corrected chi connectivity index (χ3v) is 11.0. The van der Waals surface area contributed by atoms with E-state index < -0.39 is 18.1 Å². The van der Waals surface area contributed by atoms with Crippen LogP contribution in [0.2, 0.25) is 0 Å². The predicted molar refractivity (Wildman–Crippen MR) is 167 cm³/mol. The maximum atomic E-state index is 14.5. The van der Waals surface area contributed by atoms with Gasteiger partial charge in [0.2, 0.25) is 17.7 Å². The molecule has 1 aromatic heterocycles. The highest BCUT2D eigenvalue weighted by molar-refractivity contribution is 6.02. The highest BCUT2D eigenvalue weighted by Gasteiger charge is 2.69. The maximum absolute atomic E-state index is 14.5. The van der Waals surface area contributed by atoms with Crippen molar-refractivity contribution < 1.29 is 28.7 Å². The number of piperidine rings is 2. The number of hydrogen-bond acceptors (Lipinski definition) is 6. The molecule has 4 amide bonds. The molecule has 2 saturated carbocycles. The lowest BCUT2D eigenvalue weighted by atomic mass is 9.83. The summed E-state index contributed by atoms with van der Waals surface area (Å²) in [7, 11) is 1.58. The summed E-state index contributed by atoms with van der Waals surface area (Å²) in [6, 6.07) is 4.93. The van der Waals surface area contributed by atoms with Gasteiger partial charge in [0, 0.05) is 29.9 Å². The number of carbonyl (C=O) groups excluding carboxylic acids is 5. The largest absolute Gasteiger partial charge is 0.496 e. The van der Waals surface area contributed by atoms with Crippen molar-refractivity contribution in [3.05, 3.63) is 30.0 Å². The molecular formula is C34H45N5O6. The Bertz CT molecular complexity index is 1480. The predicted octanol–water partition coefficient (Wildman–Crippen LogP) is 2.94. The lowest BCUT2D eigenvalue weighted by Crippen LogP contribution is -2.59. The molecule has 242 valence electrons. The fourth-order valence-corrected chi connectivity index (χ4v) is 8.27. The Labute approximate surface area is 263 Å². The second-order valence-electron chi connectivity index (χ2n) is 14.0. The van der Waals surface area contributed by atoms with E-state index in [2.05, 4.69) is 34.8 Å². The molecule has 0 unspecified atom stereocenters. The molecule has 4 N–H and O–H groups in total. The van der Waals surface area contributed by atoms with E-state index in [9.17, 15) is 24.0 Å². The van der Waals surface area contributed by atoms with E-state index in [0.29, 0.717) is 37.2 Å². The number of benzene rings is 1. The first-order valence-electron chi connectivity index (χ1n) is 16.4. The number of ether oxygens (including phenoxy) is 1. The zero-order valence-electron chi connectivity index (χ0n) is 26.4. The molecular weight excluding hydrogens is 574 g/mol. The summed E-state index contributed by atoms with van der Waals surface area (Å²) in [4.78, 5) is 71.3. The number of rotatable bonds is 10. The lowest BCUT2D eigenvalue weighted by molar-refractivity contribution is -0.143. The van der Waals surface area contributed by atoms with Gasteiger partial charge >= 0.3 is 0 Å². The Kier molecular flexibility index (Phi) is 8.63. The molecule has 0 spiro atoms. The van der Waals surface area contributed by atoms with Crippen molar-refractivity contribution in [3.63, 3.8) is 0 Å². The van der Waals surface area contributed by atoms with Crippen LogP contribution in [0, 0.1) is 29.1 Å². The van der Waals surface area contributed by atoms with Crippen molar-refractivity contribution in [1.82, 2.24) is 25.8 Å². The molecule has 2 saturated heterocycles. The number of carbonyl (C=O) groups is 5. The summed E-state index contributed by atoms with van der Waals surface area (Å²) in [5.41, 5.74) is 0.976. The molecule has 2 aliphatic carbocycles. The second kappa shape index (κ2) is 12.5. The Balaban J connectivity index is 1.22. The van der Waals surface area contributed by atoms with Crippen LogP contribution in [0.5, 0.6) is 5.75 Å². The zero-order valence-corrected chi connectivity index (χ0v) is 26.4. The summed E-state index contributed by atoms with van der Waals surface area (Å²) < 4.78 is 5.46. The summed E-state index contributed by atoms with van der Waals surface area (Å²) >= 11 is 0. The number of likely N-dealkylation sites (tertiary alicyclic amines) is 1. The molecule has 0 radical (unpaired) electrons. The van der Waals surface area contributed by atoms with Crippen LogP contribution < -0.4 is 20.7 Å². The van der Waals surface area contributed by atoms with E-state index in [1.54, 1.807) is 18.1 Å². The topological polar surface area (TPSA) is 150 Å². The molecule has 3 heterocycles. The number of hydrogen-bond donors (Lipinski definition) is 4. The number of methoxy groups -OCH3 is 1. The summed E-state index contributed by atoms with van der Waals surface area (Å²) in [5, 5.41) is 9.56. The Morgan fingerprint density at radius 1 is 1.11 bits per heavy atom. The molecule has 1 aromatic carbocycles. The van der Waals surface area contributed by atoms with Crippen LogP contribution in [0.15, 0.2) is 24.3 Å². The van der Waals surface area contributed by atoms with E-state index in [4.69, 9.17) is 4.74 Å². The van der Waals surface area contributed by atoms with Gasteiger partial charge in [0.15, 0.2) is 0 Å². The van der Waals surface area contributed by atoms with Gasteiger partial charge in [-0.15, -0.1) is 0 Å². The van der Waals surface area contributed by atoms with Crippen LogP contribution in [-0.4, -0.2) is 78.1 Å². The summed E-state index contributed by atoms with van der Waals surface area (Å²) in [5.74, 6) is -0.722. The van der Waals surface area contributed by atoms with Crippen LogP contribution in [0.3, 0.4) is 0 Å². The number of H-pyrrole nitrogens is 1. The average molecular weight is 620 g/mol. The fraction of sp³-hybridized carbons (Fsp3) is 0.618. The normalized spacial score (nSPS) is 27.2. The van der Waals surface area contributed by atoms with Crippen molar-refractivity contribution >= 4 is 40.8 Å². The number of nitrogens with one attached hydrogen (secondary N) is 4. The van der Waals surface area contributed by atoms with Crippen LogP contribution in [0.25, 0.3) is 10.9 Å². The van der Waals surface area contributed by atoms with Gasteiger partial charge in [0.05, 0.1) is 13.2 Å². The highest BCUT2D eigenvalue weighted by atomic mass is 16.5. The molecule has 4 fully saturated rings. The van der Waals surface area contributed by atoms with Crippen molar-refractivity contribution in [2.75, 3.05) is 20.2 Å². The lowest BCUT2D eigenvalue weighted by Gasteiger charge is -2.37. The van der Waals surface area contributed by atoms with Crippen molar-refractivity contribution in [3.8, 4) is 5.75 Å². The first-order chi connectivity index (χ1) is 21.6. The highest BCUT2D eigenvalue weighted by Crippen LogP contribution is 2.65. The SMILES string of the molecule is COc1cccc2[nH]c(C(=O)N[C@H](C(=O)N3C[C@H]4[C@@H]([C@H]3C(=O)N[C@H](C=O)C[C@@H]3CCCNC3=O)C4(C)C)C3CCCCC3)cc12. The third-order valence-electron chi connectivity index (χ3n) is 11.0. The minimum atomic E-state index is -0.822. The van der Waals surface area contributed by atoms with E-state index >= 15 is 0 Å². The Morgan fingerprint density at radius 2 is 1.89 bits per heavy atom. The van der Waals surface area contributed by atoms with Crippen molar-refractivity contribution in [2.24, 2.45) is 29.1 Å². The summed E-state index contributed by atoms with van der Waals surface area (Å²) in [6.45, 7) is 5.27. The van der Waals surface area contributed by atoms with Crippen LogP contribution in [0.4, 0.5) is 0 Å². The van der Waals surface area contributed by atoms with Gasteiger partial charge in [-0.3, -0.25) is 19.2 Å². The van der Waals surface area contributed by atoms with Gasteiger partial charge in [0.25, 0.3) is 5.91 Å². The van der Waals surface area contributed by atoms with Gasteiger partial charge in [-0.2, -0.15) is 0 Å². The maximum Gasteiger partial charge on any atom is 0.268 e. The first kappa shape index (κ1) is 31.1. The standard InChI is InChI=1S/C34H45N5O6/c1-34(2)23-17-39(29(27(23)34)32(43)36-21(18-40)15-20-11-8-14-35-30(20)41)33(44)28(19-9-5-4-6-10-19)38-31(42)25-16-22-24(37-25)12-7-13-26(22)45-3/h7,12-13,16,18-21,23,27-29,37H,4-6,8-11,14-15,17H2,1-3H3,(H,35,41)(H,36,43)(H,38,42)/t20-,21-,23-,27-,28-,29-/m0/s1. The number of aromatic amines is 1. The molecule has 45 heavy (non-hydrogen) atoms. The number of fused-ring (bicyclic) bond motifs is 2. The Hall–Kier alpha value is -3.89.